The summed E-state index contributed by atoms with van der Waals surface area (Å²) in [6, 6.07) is 0. The van der Waals surface area contributed by atoms with Crippen LogP contribution in [-0.4, -0.2) is 61.4 Å². The Morgan fingerprint density at radius 1 is 1.38 bits per heavy atom. The van der Waals surface area contributed by atoms with Crippen molar-refractivity contribution in [2.45, 2.75) is 43.5 Å². The lowest BCUT2D eigenvalue weighted by atomic mass is 10.1. The summed E-state index contributed by atoms with van der Waals surface area (Å²) in [5.74, 6) is 1.08. The molecule has 1 fully saturated rings. The zero-order valence-corrected chi connectivity index (χ0v) is 12.5. The summed E-state index contributed by atoms with van der Waals surface area (Å²) < 4.78 is 7.35. The molecule has 0 bridgehead atoms. The molecule has 8 heteroatoms. The molecule has 0 saturated carbocycles. The van der Waals surface area contributed by atoms with Crippen molar-refractivity contribution in [2.24, 2.45) is 4.99 Å². The van der Waals surface area contributed by atoms with Gasteiger partial charge in [-0.1, -0.05) is 0 Å². The first kappa shape index (κ1) is 15.0. The highest BCUT2D eigenvalue weighted by Crippen LogP contribution is 2.37. The number of aliphatic imine (C=N–C) groups is 1. The van der Waals surface area contributed by atoms with Crippen LogP contribution in [0.2, 0.25) is 0 Å². The Hall–Kier alpha value is -0.930. The molecule has 7 nitrogen and oxygen atoms in total. The van der Waals surface area contributed by atoms with Crippen LogP contribution in [0.3, 0.4) is 0 Å². The second kappa shape index (κ2) is 6.05. The van der Waals surface area contributed by atoms with Crippen LogP contribution in [0.15, 0.2) is 11.3 Å². The molecular weight excluding hydrogens is 294 g/mol. The van der Waals surface area contributed by atoms with E-state index < -0.39 is 30.6 Å². The molecule has 21 heavy (non-hydrogen) atoms. The minimum atomic E-state index is -1.05. The number of fused-ring (bicyclic) bond motifs is 1. The third-order valence-corrected chi connectivity index (χ3v) is 4.50. The van der Waals surface area contributed by atoms with Gasteiger partial charge in [0.05, 0.1) is 12.4 Å². The molecule has 1 saturated heterocycles. The minimum Gasteiger partial charge on any atom is -0.387 e. The van der Waals surface area contributed by atoms with Crippen molar-refractivity contribution in [1.82, 2.24) is 9.55 Å². The first-order valence-corrected chi connectivity index (χ1v) is 8.30. The predicted octanol–water partition coefficient (Wildman–Crippen LogP) is 0.395. The van der Waals surface area contributed by atoms with E-state index in [0.29, 0.717) is 30.1 Å². The predicted molar refractivity (Wildman–Crippen MR) is 78.9 cm³/mol. The van der Waals surface area contributed by atoms with Crippen molar-refractivity contribution in [3.05, 3.63) is 12.0 Å². The smallest absolute Gasteiger partial charge is 0.165 e. The Bertz CT molecular complexity index is 535. The van der Waals surface area contributed by atoms with Gasteiger partial charge in [0, 0.05) is 12.0 Å². The number of aromatic nitrogens is 2. The van der Waals surface area contributed by atoms with Crippen molar-refractivity contribution in [3.63, 3.8) is 0 Å². The van der Waals surface area contributed by atoms with Crippen molar-refractivity contribution in [1.29, 1.82) is 0 Å². The third kappa shape index (κ3) is 2.62. The number of imidazole rings is 1. The van der Waals surface area contributed by atoms with Gasteiger partial charge in [0.25, 0.3) is 0 Å². The summed E-state index contributed by atoms with van der Waals surface area (Å²) in [6.07, 6.45) is 2.55. The summed E-state index contributed by atoms with van der Waals surface area (Å²) in [5, 5.41) is 30.3. The molecule has 2 aliphatic heterocycles. The molecule has 0 aromatic carbocycles. The van der Waals surface area contributed by atoms with E-state index in [1.54, 1.807) is 22.5 Å². The molecule has 5 atom stereocenters. The van der Waals surface area contributed by atoms with E-state index in [1.807, 2.05) is 6.26 Å². The number of hydrogen-bond acceptors (Lipinski definition) is 7. The van der Waals surface area contributed by atoms with Gasteiger partial charge < -0.3 is 20.1 Å². The van der Waals surface area contributed by atoms with Gasteiger partial charge in [-0.15, -0.1) is 0 Å². The maximum absolute atomic E-state index is 10.2. The summed E-state index contributed by atoms with van der Waals surface area (Å²) in [4.78, 5) is 8.50. The zero-order chi connectivity index (χ0) is 15.0. The van der Waals surface area contributed by atoms with E-state index in [4.69, 9.17) is 4.74 Å². The normalized spacial score (nSPS) is 35.7. The monoisotopic (exact) mass is 313 g/mol. The Kier molecular flexibility index (Phi) is 4.32. The number of aliphatic hydroxyl groups excluding tert-OH is 3. The second-order valence-corrected chi connectivity index (χ2v) is 6.18. The van der Waals surface area contributed by atoms with E-state index in [-0.39, 0.29) is 0 Å². The molecule has 2 aliphatic rings. The maximum atomic E-state index is 10.2. The molecule has 3 rings (SSSR count). The molecule has 1 aromatic heterocycles. The van der Waals surface area contributed by atoms with Crippen LogP contribution in [0.4, 0.5) is 5.82 Å². The molecule has 2 unspecified atom stereocenters. The fourth-order valence-electron chi connectivity index (χ4n) is 2.70. The van der Waals surface area contributed by atoms with Crippen LogP contribution in [-0.2, 0) is 4.74 Å². The molecule has 0 spiro atoms. The van der Waals surface area contributed by atoms with Gasteiger partial charge in [0.15, 0.2) is 12.0 Å². The molecule has 1 aromatic rings. The Morgan fingerprint density at radius 3 is 2.95 bits per heavy atom. The lowest BCUT2D eigenvalue weighted by Crippen LogP contribution is -2.32. The minimum absolute atomic E-state index is 0.433. The molecule has 0 aliphatic carbocycles. The van der Waals surface area contributed by atoms with Crippen LogP contribution in [0.5, 0.6) is 0 Å². The second-order valence-electron chi connectivity index (χ2n) is 5.27. The number of thioether (sulfide) groups is 1. The number of nitrogens with zero attached hydrogens (tertiary/aromatic N) is 3. The highest BCUT2D eigenvalue weighted by molar-refractivity contribution is 7.98. The van der Waals surface area contributed by atoms with Crippen LogP contribution in [0.1, 0.15) is 30.9 Å². The molecule has 3 N–H and O–H groups in total. The number of hydrogen-bond donors (Lipinski definition) is 3. The number of aliphatic hydroxyl groups is 3. The van der Waals surface area contributed by atoms with Gasteiger partial charge in [-0.3, -0.25) is 4.57 Å². The molecule has 0 amide bonds. The van der Waals surface area contributed by atoms with Gasteiger partial charge in [-0.25, -0.2) is 9.98 Å². The largest absolute Gasteiger partial charge is 0.387 e. The summed E-state index contributed by atoms with van der Waals surface area (Å²) in [6.45, 7) is 0. The van der Waals surface area contributed by atoms with E-state index in [9.17, 15) is 15.3 Å². The van der Waals surface area contributed by atoms with Crippen LogP contribution < -0.4 is 0 Å². The molecule has 116 valence electrons. The van der Waals surface area contributed by atoms with Gasteiger partial charge in [-0.2, -0.15) is 11.8 Å². The standard InChI is InChI=1S/C13H19N3O4S/c1-21-5-8-10(18)11(19)13(20-8)16-6-15-9-7(17)3-2-4-14-12(9)16/h4,6-8,10-11,13,17-19H,2-3,5H2,1H3/t7?,8-,10?,11+,13-/m1/s1. The SMILES string of the molecule is CSC[C@H]1O[C@@H](n2cnc3c2N=CCCC3O)[C@@H](O)C1O. The quantitative estimate of drug-likeness (QED) is 0.747. The third-order valence-electron chi connectivity index (χ3n) is 3.84. The van der Waals surface area contributed by atoms with E-state index in [0.717, 1.165) is 0 Å². The highest BCUT2D eigenvalue weighted by Gasteiger charge is 2.44. The number of ether oxygens (including phenoxy) is 1. The van der Waals surface area contributed by atoms with Gasteiger partial charge in [0.2, 0.25) is 0 Å². The first-order chi connectivity index (χ1) is 10.1. The molecule has 3 heterocycles. The topological polar surface area (TPSA) is 100 Å². The van der Waals surface area contributed by atoms with E-state index in [2.05, 4.69) is 9.98 Å². The van der Waals surface area contributed by atoms with Gasteiger partial charge in [0.1, 0.15) is 24.0 Å². The molecular formula is C13H19N3O4S. The molecule has 0 radical (unpaired) electrons. The fourth-order valence-corrected chi connectivity index (χ4v) is 3.31. The Balaban J connectivity index is 1.91. The van der Waals surface area contributed by atoms with Crippen LogP contribution in [0.25, 0.3) is 0 Å². The summed E-state index contributed by atoms with van der Waals surface area (Å²) in [7, 11) is 0. The Labute approximate surface area is 126 Å². The first-order valence-electron chi connectivity index (χ1n) is 6.91. The highest BCUT2D eigenvalue weighted by atomic mass is 32.2. The average Bonchev–Trinajstić information content (AvgIpc) is 2.94. The Morgan fingerprint density at radius 2 is 2.19 bits per heavy atom. The zero-order valence-electron chi connectivity index (χ0n) is 11.7. The maximum Gasteiger partial charge on any atom is 0.165 e. The van der Waals surface area contributed by atoms with E-state index in [1.165, 1.54) is 6.33 Å². The fraction of sp³-hybridized carbons (Fsp3) is 0.692. The summed E-state index contributed by atoms with van der Waals surface area (Å²) in [5.41, 5.74) is 0.488. The van der Waals surface area contributed by atoms with E-state index >= 15 is 0 Å². The lowest BCUT2D eigenvalue weighted by molar-refractivity contribution is -0.0301. The average molecular weight is 313 g/mol. The van der Waals surface area contributed by atoms with Gasteiger partial charge in [-0.05, 0) is 19.1 Å². The lowest BCUT2D eigenvalue weighted by Gasteiger charge is -2.17. The van der Waals surface area contributed by atoms with Crippen molar-refractivity contribution < 1.29 is 20.1 Å². The van der Waals surface area contributed by atoms with Crippen LogP contribution in [0, 0.1) is 0 Å². The number of rotatable bonds is 3. The summed E-state index contributed by atoms with van der Waals surface area (Å²) >= 11 is 1.55. The van der Waals surface area contributed by atoms with Crippen molar-refractivity contribution >= 4 is 23.8 Å². The van der Waals surface area contributed by atoms with Gasteiger partial charge >= 0.3 is 0 Å². The van der Waals surface area contributed by atoms with Crippen molar-refractivity contribution in [3.8, 4) is 0 Å². The van der Waals surface area contributed by atoms with Crippen LogP contribution >= 0.6 is 11.8 Å². The van der Waals surface area contributed by atoms with Crippen molar-refractivity contribution in [2.75, 3.05) is 12.0 Å².